The summed E-state index contributed by atoms with van der Waals surface area (Å²) < 4.78 is 23.6. The molecular weight excluding hydrogens is 232 g/mol. The molecule has 2 spiro atoms. The van der Waals surface area contributed by atoms with Crippen LogP contribution in [-0.4, -0.2) is 38.0 Å². The van der Waals surface area contributed by atoms with Crippen molar-refractivity contribution in [2.75, 3.05) is 26.4 Å². The molecule has 0 saturated carbocycles. The summed E-state index contributed by atoms with van der Waals surface area (Å²) in [5.41, 5.74) is 0. The van der Waals surface area contributed by atoms with Crippen LogP contribution in [0.1, 0.15) is 12.8 Å². The van der Waals surface area contributed by atoms with Gasteiger partial charge in [0.25, 0.3) is 0 Å². The normalized spacial score (nSPS) is 39.6. The van der Waals surface area contributed by atoms with Gasteiger partial charge in [0, 0.05) is 11.8 Å². The maximum absolute atomic E-state index is 5.90. The standard InChI is InChI=1S/C14H18O4/c1-3-11-12(13(5-1)15-7-8-16-13)4-2-6-14(11)17-9-10-18-14/h1-2,5-6,11-12H,3-4,7-10H2. The predicted molar refractivity (Wildman–Crippen MR) is 63.8 cm³/mol. The molecule has 4 aliphatic rings. The van der Waals surface area contributed by atoms with Gasteiger partial charge in [-0.1, -0.05) is 12.2 Å². The van der Waals surface area contributed by atoms with E-state index < -0.39 is 11.6 Å². The van der Waals surface area contributed by atoms with E-state index in [1.807, 2.05) is 0 Å². The number of fused-ring (bicyclic) bond motifs is 3. The lowest BCUT2D eigenvalue weighted by molar-refractivity contribution is -0.236. The van der Waals surface area contributed by atoms with E-state index in [2.05, 4.69) is 24.3 Å². The molecule has 0 aromatic carbocycles. The lowest BCUT2D eigenvalue weighted by atomic mass is 9.69. The molecule has 2 heterocycles. The largest absolute Gasteiger partial charge is 0.344 e. The van der Waals surface area contributed by atoms with Crippen LogP contribution in [0.3, 0.4) is 0 Å². The minimum atomic E-state index is -0.546. The zero-order chi connectivity index (χ0) is 12.1. The molecule has 2 aliphatic carbocycles. The lowest BCUT2D eigenvalue weighted by Crippen LogP contribution is -2.53. The predicted octanol–water partition coefficient (Wildman–Crippen LogP) is 1.62. The van der Waals surface area contributed by atoms with Gasteiger partial charge in [0.05, 0.1) is 26.4 Å². The van der Waals surface area contributed by atoms with Crippen LogP contribution in [0.25, 0.3) is 0 Å². The monoisotopic (exact) mass is 250 g/mol. The first-order chi connectivity index (χ1) is 8.85. The third-order valence-corrected chi connectivity index (χ3v) is 4.48. The molecule has 0 N–H and O–H groups in total. The molecule has 0 aromatic heterocycles. The van der Waals surface area contributed by atoms with Crippen LogP contribution in [0, 0.1) is 11.8 Å². The third kappa shape index (κ3) is 1.40. The van der Waals surface area contributed by atoms with E-state index in [1.54, 1.807) is 0 Å². The van der Waals surface area contributed by atoms with Crippen molar-refractivity contribution < 1.29 is 18.9 Å². The lowest BCUT2D eigenvalue weighted by Gasteiger charge is -2.48. The Morgan fingerprint density at radius 1 is 0.667 bits per heavy atom. The topological polar surface area (TPSA) is 36.9 Å². The first-order valence-corrected chi connectivity index (χ1v) is 6.76. The van der Waals surface area contributed by atoms with E-state index in [0.29, 0.717) is 26.4 Å². The highest BCUT2D eigenvalue weighted by Gasteiger charge is 2.57. The van der Waals surface area contributed by atoms with Crippen molar-refractivity contribution >= 4 is 0 Å². The molecule has 2 fully saturated rings. The van der Waals surface area contributed by atoms with Crippen LogP contribution < -0.4 is 0 Å². The van der Waals surface area contributed by atoms with Gasteiger partial charge in [-0.15, -0.1) is 0 Å². The van der Waals surface area contributed by atoms with Crippen LogP contribution in [-0.2, 0) is 18.9 Å². The van der Waals surface area contributed by atoms with Crippen LogP contribution in [0.2, 0.25) is 0 Å². The van der Waals surface area contributed by atoms with Crippen molar-refractivity contribution in [1.29, 1.82) is 0 Å². The van der Waals surface area contributed by atoms with E-state index in [1.165, 1.54) is 0 Å². The van der Waals surface area contributed by atoms with Crippen LogP contribution in [0.5, 0.6) is 0 Å². The van der Waals surface area contributed by atoms with Crippen molar-refractivity contribution in [2.45, 2.75) is 24.4 Å². The van der Waals surface area contributed by atoms with Gasteiger partial charge < -0.3 is 18.9 Å². The van der Waals surface area contributed by atoms with E-state index in [9.17, 15) is 0 Å². The summed E-state index contributed by atoms with van der Waals surface area (Å²) in [4.78, 5) is 0. The maximum Gasteiger partial charge on any atom is 0.191 e. The molecule has 2 saturated heterocycles. The second-order valence-corrected chi connectivity index (χ2v) is 5.33. The maximum atomic E-state index is 5.90. The zero-order valence-corrected chi connectivity index (χ0v) is 10.3. The fraction of sp³-hybridized carbons (Fsp3) is 0.714. The molecule has 4 rings (SSSR count). The highest BCUT2D eigenvalue weighted by Crippen LogP contribution is 2.51. The summed E-state index contributed by atoms with van der Waals surface area (Å²) in [7, 11) is 0. The Labute approximate surface area is 107 Å². The van der Waals surface area contributed by atoms with Gasteiger partial charge in [0.1, 0.15) is 0 Å². The van der Waals surface area contributed by atoms with Gasteiger partial charge in [0.15, 0.2) is 11.6 Å². The van der Waals surface area contributed by atoms with Crippen LogP contribution in [0.4, 0.5) is 0 Å². The van der Waals surface area contributed by atoms with Gasteiger partial charge in [0.2, 0.25) is 0 Å². The molecule has 4 nitrogen and oxygen atoms in total. The van der Waals surface area contributed by atoms with E-state index in [0.717, 1.165) is 12.8 Å². The summed E-state index contributed by atoms with van der Waals surface area (Å²) in [6.07, 6.45) is 10.4. The minimum Gasteiger partial charge on any atom is -0.344 e. The third-order valence-electron chi connectivity index (χ3n) is 4.48. The second kappa shape index (κ2) is 3.90. The Bertz CT molecular complexity index is 351. The Morgan fingerprint density at radius 2 is 1.06 bits per heavy atom. The highest BCUT2D eigenvalue weighted by molar-refractivity contribution is 5.19. The Morgan fingerprint density at radius 3 is 1.44 bits per heavy atom. The summed E-state index contributed by atoms with van der Waals surface area (Å²) in [5, 5.41) is 0. The molecule has 0 aromatic rings. The summed E-state index contributed by atoms with van der Waals surface area (Å²) in [6, 6.07) is 0. The Hall–Kier alpha value is -0.680. The van der Waals surface area contributed by atoms with Crippen molar-refractivity contribution in [3.63, 3.8) is 0 Å². The van der Waals surface area contributed by atoms with E-state index in [-0.39, 0.29) is 11.8 Å². The van der Waals surface area contributed by atoms with Crippen LogP contribution in [0.15, 0.2) is 24.3 Å². The van der Waals surface area contributed by atoms with Gasteiger partial charge in [-0.3, -0.25) is 0 Å². The second-order valence-electron chi connectivity index (χ2n) is 5.33. The average molecular weight is 250 g/mol. The molecular formula is C14H18O4. The van der Waals surface area contributed by atoms with Gasteiger partial charge in [-0.25, -0.2) is 0 Å². The molecule has 0 amide bonds. The molecule has 98 valence electrons. The Kier molecular flexibility index (Phi) is 2.42. The van der Waals surface area contributed by atoms with Crippen molar-refractivity contribution in [2.24, 2.45) is 11.8 Å². The minimum absolute atomic E-state index is 0.285. The molecule has 2 unspecified atom stereocenters. The quantitative estimate of drug-likeness (QED) is 0.612. The average Bonchev–Trinajstić information content (AvgIpc) is 3.03. The van der Waals surface area contributed by atoms with E-state index in [4.69, 9.17) is 18.9 Å². The number of rotatable bonds is 0. The molecule has 2 atom stereocenters. The summed E-state index contributed by atoms with van der Waals surface area (Å²) in [5.74, 6) is -0.521. The molecule has 0 radical (unpaired) electrons. The summed E-state index contributed by atoms with van der Waals surface area (Å²) >= 11 is 0. The smallest absolute Gasteiger partial charge is 0.191 e. The van der Waals surface area contributed by atoms with Crippen LogP contribution >= 0.6 is 0 Å². The zero-order valence-electron chi connectivity index (χ0n) is 10.3. The molecule has 4 heteroatoms. The number of ether oxygens (including phenoxy) is 4. The number of hydrogen-bond donors (Lipinski definition) is 0. The first-order valence-electron chi connectivity index (χ1n) is 6.76. The van der Waals surface area contributed by atoms with E-state index >= 15 is 0 Å². The number of hydrogen-bond acceptors (Lipinski definition) is 4. The SMILES string of the molecule is C1=CC2(OCCO2)C2CC=CC3(OCCO3)C2C1. The van der Waals surface area contributed by atoms with Crippen molar-refractivity contribution in [1.82, 2.24) is 0 Å². The van der Waals surface area contributed by atoms with Gasteiger partial charge in [-0.05, 0) is 25.0 Å². The molecule has 2 aliphatic heterocycles. The molecule has 18 heavy (non-hydrogen) atoms. The van der Waals surface area contributed by atoms with Gasteiger partial charge in [-0.2, -0.15) is 0 Å². The Balaban J connectivity index is 1.72. The first kappa shape index (κ1) is 11.2. The van der Waals surface area contributed by atoms with Crippen molar-refractivity contribution in [3.8, 4) is 0 Å². The highest BCUT2D eigenvalue weighted by atomic mass is 16.7. The molecule has 0 bridgehead atoms. The van der Waals surface area contributed by atoms with Gasteiger partial charge >= 0.3 is 0 Å². The number of allylic oxidation sites excluding steroid dienone is 2. The summed E-state index contributed by atoms with van der Waals surface area (Å²) in [6.45, 7) is 2.69. The van der Waals surface area contributed by atoms with Crippen molar-refractivity contribution in [3.05, 3.63) is 24.3 Å². The fourth-order valence-corrected chi connectivity index (χ4v) is 3.73. The fourth-order valence-electron chi connectivity index (χ4n) is 3.73.